The number of benzene rings is 1. The van der Waals surface area contributed by atoms with Gasteiger partial charge in [0.2, 0.25) is 5.91 Å². The highest BCUT2D eigenvalue weighted by atomic mass is 35.5. The highest BCUT2D eigenvalue weighted by Gasteiger charge is 2.20. The van der Waals surface area contributed by atoms with Gasteiger partial charge in [-0.3, -0.25) is 4.79 Å². The first-order valence-electron chi connectivity index (χ1n) is 7.33. The quantitative estimate of drug-likeness (QED) is 0.774. The SMILES string of the molecule is CCc1cccc(/C=C/C2CCN(C(=O)CCl)CC2)c1. The van der Waals surface area contributed by atoms with E-state index < -0.39 is 0 Å². The van der Waals surface area contributed by atoms with E-state index in [1.807, 2.05) is 4.90 Å². The van der Waals surface area contributed by atoms with Crippen molar-refractivity contribution < 1.29 is 4.79 Å². The van der Waals surface area contributed by atoms with Gasteiger partial charge in [0.05, 0.1) is 0 Å². The first kappa shape index (κ1) is 15.1. The van der Waals surface area contributed by atoms with Crippen LogP contribution in [0.15, 0.2) is 30.3 Å². The third-order valence-corrected chi connectivity index (χ3v) is 4.16. The maximum Gasteiger partial charge on any atom is 0.237 e. The average molecular weight is 292 g/mol. The molecule has 2 nitrogen and oxygen atoms in total. The fraction of sp³-hybridized carbons (Fsp3) is 0.471. The number of hydrogen-bond donors (Lipinski definition) is 0. The van der Waals surface area contributed by atoms with Gasteiger partial charge in [-0.05, 0) is 36.3 Å². The number of allylic oxidation sites excluding steroid dienone is 1. The number of carbonyl (C=O) groups excluding carboxylic acids is 1. The van der Waals surface area contributed by atoms with E-state index >= 15 is 0 Å². The summed E-state index contributed by atoms with van der Waals surface area (Å²) in [6, 6.07) is 8.65. The van der Waals surface area contributed by atoms with Crippen molar-refractivity contribution in [1.29, 1.82) is 0 Å². The maximum absolute atomic E-state index is 11.5. The summed E-state index contributed by atoms with van der Waals surface area (Å²) in [5, 5.41) is 0. The lowest BCUT2D eigenvalue weighted by molar-refractivity contribution is -0.129. The van der Waals surface area contributed by atoms with Gasteiger partial charge in [0.1, 0.15) is 5.88 Å². The average Bonchev–Trinajstić information content (AvgIpc) is 2.53. The zero-order chi connectivity index (χ0) is 14.4. The lowest BCUT2D eigenvalue weighted by atomic mass is 9.95. The Morgan fingerprint density at radius 1 is 1.40 bits per heavy atom. The number of nitrogens with zero attached hydrogens (tertiary/aromatic N) is 1. The van der Waals surface area contributed by atoms with Gasteiger partial charge in [0.25, 0.3) is 0 Å². The molecule has 1 amide bonds. The molecule has 0 unspecified atom stereocenters. The first-order chi connectivity index (χ1) is 9.72. The second-order valence-corrected chi connectivity index (χ2v) is 5.58. The smallest absolute Gasteiger partial charge is 0.237 e. The van der Waals surface area contributed by atoms with Gasteiger partial charge in [-0.2, -0.15) is 0 Å². The molecule has 0 radical (unpaired) electrons. The van der Waals surface area contributed by atoms with Crippen molar-refractivity contribution in [2.45, 2.75) is 26.2 Å². The van der Waals surface area contributed by atoms with Crippen molar-refractivity contribution >= 4 is 23.6 Å². The molecule has 0 aliphatic carbocycles. The number of halogens is 1. The zero-order valence-electron chi connectivity index (χ0n) is 12.0. The molecule has 0 bridgehead atoms. The molecular formula is C17H22ClNO. The van der Waals surface area contributed by atoms with Crippen LogP contribution in [0.5, 0.6) is 0 Å². The molecule has 108 valence electrons. The lowest BCUT2D eigenvalue weighted by Crippen LogP contribution is -2.38. The summed E-state index contributed by atoms with van der Waals surface area (Å²) in [6.45, 7) is 3.83. The molecule has 3 heteroatoms. The topological polar surface area (TPSA) is 20.3 Å². The summed E-state index contributed by atoms with van der Waals surface area (Å²) in [5.41, 5.74) is 2.64. The fourth-order valence-corrected chi connectivity index (χ4v) is 2.76. The van der Waals surface area contributed by atoms with Crippen LogP contribution in [0.4, 0.5) is 0 Å². The van der Waals surface area contributed by atoms with Crippen LogP contribution in [-0.4, -0.2) is 29.8 Å². The number of hydrogen-bond acceptors (Lipinski definition) is 1. The normalized spacial score (nSPS) is 16.8. The second kappa shape index (κ2) is 7.49. The van der Waals surface area contributed by atoms with Crippen molar-refractivity contribution in [2.24, 2.45) is 5.92 Å². The van der Waals surface area contributed by atoms with Gasteiger partial charge in [0.15, 0.2) is 0 Å². The molecule has 0 aromatic heterocycles. The summed E-state index contributed by atoms with van der Waals surface area (Å²) in [5.74, 6) is 0.731. The Labute approximate surface area is 126 Å². The fourth-order valence-electron chi connectivity index (χ4n) is 2.59. The lowest BCUT2D eigenvalue weighted by Gasteiger charge is -2.30. The highest BCUT2D eigenvalue weighted by molar-refractivity contribution is 6.27. The molecule has 1 saturated heterocycles. The van der Waals surface area contributed by atoms with E-state index in [0.717, 1.165) is 32.4 Å². The zero-order valence-corrected chi connectivity index (χ0v) is 12.8. The molecule has 1 aliphatic heterocycles. The van der Waals surface area contributed by atoms with Gasteiger partial charge < -0.3 is 4.90 Å². The standard InChI is InChI=1S/C17H22ClNO/c1-2-14-4-3-5-16(12-14)7-6-15-8-10-19(11-9-15)17(20)13-18/h3-7,12,15H,2,8-11,13H2,1H3/b7-6+. The Morgan fingerprint density at radius 2 is 2.15 bits per heavy atom. The van der Waals surface area contributed by atoms with Crippen LogP contribution < -0.4 is 0 Å². The predicted molar refractivity (Wildman–Crippen MR) is 84.9 cm³/mol. The van der Waals surface area contributed by atoms with Crippen LogP contribution in [0.2, 0.25) is 0 Å². The van der Waals surface area contributed by atoms with E-state index in [2.05, 4.69) is 43.3 Å². The summed E-state index contributed by atoms with van der Waals surface area (Å²) in [6.07, 6.45) is 7.64. The van der Waals surface area contributed by atoms with Crippen LogP contribution in [0.25, 0.3) is 6.08 Å². The van der Waals surface area contributed by atoms with Crippen LogP contribution >= 0.6 is 11.6 Å². The molecule has 0 N–H and O–H groups in total. The summed E-state index contributed by atoms with van der Waals surface area (Å²) < 4.78 is 0. The molecule has 0 atom stereocenters. The van der Waals surface area contributed by atoms with Gasteiger partial charge in [-0.25, -0.2) is 0 Å². The number of amides is 1. The molecule has 1 fully saturated rings. The molecule has 1 aromatic rings. The van der Waals surface area contributed by atoms with Gasteiger partial charge in [0, 0.05) is 13.1 Å². The van der Waals surface area contributed by atoms with E-state index in [4.69, 9.17) is 11.6 Å². The monoisotopic (exact) mass is 291 g/mol. The van der Waals surface area contributed by atoms with Crippen LogP contribution in [0.3, 0.4) is 0 Å². The first-order valence-corrected chi connectivity index (χ1v) is 7.87. The number of aryl methyl sites for hydroxylation is 1. The Kier molecular flexibility index (Phi) is 5.66. The van der Waals surface area contributed by atoms with Crippen molar-refractivity contribution in [2.75, 3.05) is 19.0 Å². The van der Waals surface area contributed by atoms with Crippen molar-refractivity contribution in [3.8, 4) is 0 Å². The van der Waals surface area contributed by atoms with Gasteiger partial charge in [-0.15, -0.1) is 11.6 Å². The molecule has 0 spiro atoms. The third kappa shape index (κ3) is 4.11. The largest absolute Gasteiger partial charge is 0.342 e. The predicted octanol–water partition coefficient (Wildman–Crippen LogP) is 3.74. The van der Waals surface area contributed by atoms with E-state index in [-0.39, 0.29) is 11.8 Å². The maximum atomic E-state index is 11.5. The van der Waals surface area contributed by atoms with Crippen LogP contribution in [-0.2, 0) is 11.2 Å². The van der Waals surface area contributed by atoms with E-state index in [1.165, 1.54) is 11.1 Å². The van der Waals surface area contributed by atoms with Gasteiger partial charge in [-0.1, -0.05) is 43.3 Å². The molecule has 0 saturated carbocycles. The molecule has 1 aliphatic rings. The van der Waals surface area contributed by atoms with E-state index in [1.54, 1.807) is 0 Å². The Morgan fingerprint density at radius 3 is 2.80 bits per heavy atom. The van der Waals surface area contributed by atoms with Crippen molar-refractivity contribution in [3.05, 3.63) is 41.5 Å². The third-order valence-electron chi connectivity index (χ3n) is 3.93. The van der Waals surface area contributed by atoms with E-state index in [9.17, 15) is 4.79 Å². The van der Waals surface area contributed by atoms with Gasteiger partial charge >= 0.3 is 0 Å². The molecule has 1 heterocycles. The number of piperidine rings is 1. The minimum absolute atomic E-state index is 0.0599. The van der Waals surface area contributed by atoms with Crippen molar-refractivity contribution in [3.63, 3.8) is 0 Å². The Balaban J connectivity index is 1.88. The number of likely N-dealkylation sites (tertiary alicyclic amines) is 1. The summed E-state index contributed by atoms with van der Waals surface area (Å²) in [7, 11) is 0. The highest BCUT2D eigenvalue weighted by Crippen LogP contribution is 2.20. The summed E-state index contributed by atoms with van der Waals surface area (Å²) in [4.78, 5) is 13.4. The summed E-state index contributed by atoms with van der Waals surface area (Å²) >= 11 is 5.59. The number of carbonyl (C=O) groups is 1. The Bertz CT molecular complexity index is 476. The Hall–Kier alpha value is -1.28. The molecule has 2 rings (SSSR count). The molecule has 1 aromatic carbocycles. The minimum atomic E-state index is 0.0599. The number of alkyl halides is 1. The van der Waals surface area contributed by atoms with Crippen molar-refractivity contribution in [1.82, 2.24) is 4.90 Å². The molecular weight excluding hydrogens is 270 g/mol. The van der Waals surface area contributed by atoms with Crippen LogP contribution in [0.1, 0.15) is 30.9 Å². The second-order valence-electron chi connectivity index (χ2n) is 5.31. The minimum Gasteiger partial charge on any atom is -0.342 e. The van der Waals surface area contributed by atoms with E-state index in [0.29, 0.717) is 5.92 Å². The van der Waals surface area contributed by atoms with Crippen LogP contribution in [0, 0.1) is 5.92 Å². The molecule has 20 heavy (non-hydrogen) atoms. The number of rotatable bonds is 4.